The normalized spacial score (nSPS) is 14.2. The van der Waals surface area contributed by atoms with Crippen molar-refractivity contribution in [3.8, 4) is 0 Å². The van der Waals surface area contributed by atoms with E-state index >= 15 is 0 Å². The molecule has 0 unspecified atom stereocenters. The second kappa shape index (κ2) is 7.10. The van der Waals surface area contributed by atoms with Crippen LogP contribution in [0.15, 0.2) is 42.6 Å². The van der Waals surface area contributed by atoms with Crippen LogP contribution in [0.3, 0.4) is 0 Å². The number of aromatic nitrogens is 1. The lowest BCUT2D eigenvalue weighted by atomic mass is 10.1. The molecule has 3 rings (SSSR count). The Morgan fingerprint density at radius 2 is 1.92 bits per heavy atom. The van der Waals surface area contributed by atoms with Gasteiger partial charge in [0.15, 0.2) is 6.20 Å². The van der Waals surface area contributed by atoms with Crippen molar-refractivity contribution in [2.24, 2.45) is 5.73 Å². The molecule has 0 spiro atoms. The Hall–Kier alpha value is -2.93. The highest BCUT2D eigenvalue weighted by atomic mass is 16.5. The van der Waals surface area contributed by atoms with Crippen LogP contribution in [-0.4, -0.2) is 38.1 Å². The summed E-state index contributed by atoms with van der Waals surface area (Å²) < 4.78 is 5.34. The number of pyridine rings is 1. The quantitative estimate of drug-likeness (QED) is 0.863. The smallest absolute Gasteiger partial charge is 0.320 e. The maximum atomic E-state index is 12.5. The number of nitrogens with two attached hydrogens (primary N) is 1. The van der Waals surface area contributed by atoms with Crippen LogP contribution < -0.4 is 20.9 Å². The molecule has 4 N–H and O–H groups in total. The van der Waals surface area contributed by atoms with Crippen LogP contribution >= 0.6 is 0 Å². The van der Waals surface area contributed by atoms with Crippen molar-refractivity contribution >= 4 is 23.2 Å². The van der Waals surface area contributed by atoms with Gasteiger partial charge in [0.1, 0.15) is 0 Å². The van der Waals surface area contributed by atoms with E-state index in [4.69, 9.17) is 10.5 Å². The molecule has 1 aromatic carbocycles. The zero-order valence-electron chi connectivity index (χ0n) is 13.1. The molecule has 7 heteroatoms. The van der Waals surface area contributed by atoms with Gasteiger partial charge in [0.25, 0.3) is 11.6 Å². The van der Waals surface area contributed by atoms with Crippen LogP contribution in [0.5, 0.6) is 0 Å². The third-order valence-electron chi connectivity index (χ3n) is 3.85. The van der Waals surface area contributed by atoms with E-state index in [0.29, 0.717) is 24.6 Å². The highest BCUT2D eigenvalue weighted by Crippen LogP contribution is 2.17. The minimum absolute atomic E-state index is 0.273. The summed E-state index contributed by atoms with van der Waals surface area (Å²) in [6, 6.07) is 10.3. The van der Waals surface area contributed by atoms with Crippen LogP contribution in [0.2, 0.25) is 0 Å². The average molecular weight is 327 g/mol. The van der Waals surface area contributed by atoms with Crippen LogP contribution in [0, 0.1) is 0 Å². The number of H-pyrrole nitrogens is 1. The molecule has 1 fully saturated rings. The van der Waals surface area contributed by atoms with Crippen molar-refractivity contribution < 1.29 is 19.3 Å². The van der Waals surface area contributed by atoms with E-state index in [-0.39, 0.29) is 11.5 Å². The van der Waals surface area contributed by atoms with E-state index in [1.807, 2.05) is 6.07 Å². The maximum Gasteiger partial charge on any atom is 0.320 e. The number of hydrogen-bond acceptors (Lipinski definition) is 4. The Balaban J connectivity index is 1.79. The lowest BCUT2D eigenvalue weighted by Gasteiger charge is -2.28. The van der Waals surface area contributed by atoms with E-state index < -0.39 is 5.91 Å². The minimum Gasteiger partial charge on any atom is -0.378 e. The highest BCUT2D eigenvalue weighted by molar-refractivity contribution is 6.07. The zero-order chi connectivity index (χ0) is 16.9. The van der Waals surface area contributed by atoms with Gasteiger partial charge in [0.05, 0.1) is 24.5 Å². The first kappa shape index (κ1) is 15.9. The summed E-state index contributed by atoms with van der Waals surface area (Å²) >= 11 is 0. The van der Waals surface area contributed by atoms with Crippen molar-refractivity contribution in [2.45, 2.75) is 0 Å². The minimum atomic E-state index is -0.586. The van der Waals surface area contributed by atoms with Crippen LogP contribution in [-0.2, 0) is 4.74 Å². The topological polar surface area (TPSA) is 98.8 Å². The van der Waals surface area contributed by atoms with Gasteiger partial charge in [0, 0.05) is 30.9 Å². The number of aromatic amines is 1. The SMILES string of the molecule is NC(=O)c1ccccc1NC(=O)c1cc(N2CCOCC2)cc[nH+]1. The summed E-state index contributed by atoms with van der Waals surface area (Å²) in [6.45, 7) is 2.92. The second-order valence-electron chi connectivity index (χ2n) is 5.42. The lowest BCUT2D eigenvalue weighted by molar-refractivity contribution is -0.381. The number of ether oxygens (including phenoxy) is 1. The third kappa shape index (κ3) is 3.52. The lowest BCUT2D eigenvalue weighted by Crippen LogP contribution is -2.37. The van der Waals surface area contributed by atoms with Gasteiger partial charge in [-0.2, -0.15) is 0 Å². The van der Waals surface area contributed by atoms with Gasteiger partial charge in [-0.05, 0) is 12.1 Å². The number of rotatable bonds is 4. The highest BCUT2D eigenvalue weighted by Gasteiger charge is 2.19. The van der Waals surface area contributed by atoms with Gasteiger partial charge < -0.3 is 20.7 Å². The Bertz CT molecular complexity index is 757. The van der Waals surface area contributed by atoms with Crippen molar-refractivity contribution in [3.63, 3.8) is 0 Å². The number of anilines is 2. The van der Waals surface area contributed by atoms with Crippen LogP contribution in [0.4, 0.5) is 11.4 Å². The first-order chi connectivity index (χ1) is 11.6. The molecule has 0 saturated carbocycles. The maximum absolute atomic E-state index is 12.5. The molecule has 1 saturated heterocycles. The molecule has 1 aliphatic heterocycles. The van der Waals surface area contributed by atoms with E-state index in [2.05, 4.69) is 15.2 Å². The number of hydrogen-bond donors (Lipinski definition) is 2. The number of benzene rings is 1. The average Bonchev–Trinajstić information content (AvgIpc) is 2.63. The van der Waals surface area contributed by atoms with Gasteiger partial charge in [-0.1, -0.05) is 12.1 Å². The molecular weight excluding hydrogens is 308 g/mol. The molecule has 1 aliphatic rings. The molecule has 124 valence electrons. The summed E-state index contributed by atoms with van der Waals surface area (Å²) in [6.07, 6.45) is 1.72. The van der Waals surface area contributed by atoms with Crippen molar-refractivity contribution in [1.82, 2.24) is 0 Å². The monoisotopic (exact) mass is 327 g/mol. The largest absolute Gasteiger partial charge is 0.378 e. The number of carbonyl (C=O) groups is 2. The summed E-state index contributed by atoms with van der Waals surface area (Å²) in [5.74, 6) is -0.921. The molecule has 24 heavy (non-hydrogen) atoms. The Kier molecular flexibility index (Phi) is 4.72. The number of morpholine rings is 1. The number of nitrogens with one attached hydrogen (secondary N) is 2. The number of amides is 2. The molecule has 7 nitrogen and oxygen atoms in total. The van der Waals surface area contributed by atoms with E-state index in [1.54, 1.807) is 36.5 Å². The first-order valence-corrected chi connectivity index (χ1v) is 7.70. The summed E-state index contributed by atoms with van der Waals surface area (Å²) in [4.78, 5) is 29.0. The Labute approximate surface area is 139 Å². The second-order valence-corrected chi connectivity index (χ2v) is 5.42. The Morgan fingerprint density at radius 1 is 1.17 bits per heavy atom. The number of nitrogens with zero attached hydrogens (tertiary/aromatic N) is 1. The molecule has 0 radical (unpaired) electrons. The fourth-order valence-electron chi connectivity index (χ4n) is 2.60. The molecule has 0 bridgehead atoms. The number of carbonyl (C=O) groups excluding carboxylic acids is 2. The third-order valence-corrected chi connectivity index (χ3v) is 3.85. The Morgan fingerprint density at radius 3 is 2.67 bits per heavy atom. The van der Waals surface area contributed by atoms with E-state index in [9.17, 15) is 9.59 Å². The van der Waals surface area contributed by atoms with Crippen molar-refractivity contribution in [2.75, 3.05) is 36.5 Å². The van der Waals surface area contributed by atoms with Gasteiger partial charge in [-0.3, -0.25) is 9.59 Å². The summed E-state index contributed by atoms with van der Waals surface area (Å²) in [5, 5.41) is 2.72. The number of para-hydroxylation sites is 1. The van der Waals surface area contributed by atoms with Crippen LogP contribution in [0.25, 0.3) is 0 Å². The molecule has 2 aromatic rings. The van der Waals surface area contributed by atoms with Crippen molar-refractivity contribution in [3.05, 3.63) is 53.9 Å². The fourth-order valence-corrected chi connectivity index (χ4v) is 2.60. The van der Waals surface area contributed by atoms with Crippen LogP contribution in [0.1, 0.15) is 20.8 Å². The zero-order valence-corrected chi connectivity index (χ0v) is 13.1. The predicted octanol–water partition coefficient (Wildman–Crippen LogP) is 0.688. The predicted molar refractivity (Wildman–Crippen MR) is 88.9 cm³/mol. The molecule has 2 amide bonds. The number of primary amides is 1. The van der Waals surface area contributed by atoms with Gasteiger partial charge in [-0.25, -0.2) is 4.98 Å². The van der Waals surface area contributed by atoms with Crippen molar-refractivity contribution in [1.29, 1.82) is 0 Å². The van der Waals surface area contributed by atoms with Gasteiger partial charge >= 0.3 is 5.91 Å². The fraction of sp³-hybridized carbons (Fsp3) is 0.235. The molecule has 0 aliphatic carbocycles. The van der Waals surface area contributed by atoms with E-state index in [1.165, 1.54) is 0 Å². The van der Waals surface area contributed by atoms with Gasteiger partial charge in [0.2, 0.25) is 0 Å². The summed E-state index contributed by atoms with van der Waals surface area (Å²) in [5.41, 5.74) is 7.35. The van der Waals surface area contributed by atoms with Gasteiger partial charge in [-0.15, -0.1) is 0 Å². The standard InChI is InChI=1S/C17H18N4O3/c18-16(22)13-3-1-2-4-14(13)20-17(23)15-11-12(5-6-19-15)21-7-9-24-10-8-21/h1-6,11H,7-10H2,(H2,18,22)(H,20,23)/p+1. The first-order valence-electron chi connectivity index (χ1n) is 7.70. The molecule has 0 atom stereocenters. The van der Waals surface area contributed by atoms with E-state index in [0.717, 1.165) is 18.8 Å². The molecular formula is C17H19N4O3+. The molecule has 1 aromatic heterocycles. The molecule has 2 heterocycles. The summed E-state index contributed by atoms with van der Waals surface area (Å²) in [7, 11) is 0.